The zero-order valence-electron chi connectivity index (χ0n) is 9.00. The van der Waals surface area contributed by atoms with Gasteiger partial charge in [0.1, 0.15) is 0 Å². The first-order valence-electron chi connectivity index (χ1n) is 4.81. The van der Waals surface area contributed by atoms with Gasteiger partial charge in [-0.25, -0.2) is 0 Å². The molecule has 0 heterocycles. The van der Waals surface area contributed by atoms with Crippen molar-refractivity contribution in [1.82, 2.24) is 0 Å². The van der Waals surface area contributed by atoms with Gasteiger partial charge in [0.2, 0.25) is 0 Å². The molecule has 0 aliphatic carbocycles. The third-order valence-electron chi connectivity index (χ3n) is 1.89. The third-order valence-corrected chi connectivity index (χ3v) is 1.89. The largest absolute Gasteiger partial charge is 0.396 e. The second-order valence-corrected chi connectivity index (χ2v) is 3.40. The maximum Gasteiger partial charge on any atom is 0.151 e. The maximum absolute atomic E-state index is 8.50. The second kappa shape index (κ2) is 10.3. The molecule has 0 saturated carbocycles. The van der Waals surface area contributed by atoms with E-state index in [-0.39, 0.29) is 0 Å². The molecule has 0 aromatic rings. The summed E-state index contributed by atoms with van der Waals surface area (Å²) in [5.41, 5.74) is -1.11. The Hall–Kier alpha value is -0.240. The molecule has 0 atom stereocenters. The van der Waals surface area contributed by atoms with Crippen molar-refractivity contribution in [3.8, 4) is 0 Å². The summed E-state index contributed by atoms with van der Waals surface area (Å²) in [6, 6.07) is 0. The molecule has 0 aliphatic heterocycles. The summed E-state index contributed by atoms with van der Waals surface area (Å²) in [4.78, 5) is 0. The van der Waals surface area contributed by atoms with E-state index in [0.29, 0.717) is 6.42 Å². The van der Waals surface area contributed by atoms with E-state index in [9.17, 15) is 0 Å². The standard InChI is InChI=1S/C5H12O4.C4H10O2/c6-1-5(2-7,3-8)4-9;1-2-3-4(5)6/h6-9H,1-4H2;4-6H,2-3H2,1H3. The fourth-order valence-corrected chi connectivity index (χ4v) is 0.558. The lowest BCUT2D eigenvalue weighted by molar-refractivity contribution is -0.0453. The molecule has 6 N–H and O–H groups in total. The molecule has 6 nitrogen and oxygen atoms in total. The summed E-state index contributed by atoms with van der Waals surface area (Å²) in [5, 5.41) is 50.2. The van der Waals surface area contributed by atoms with Crippen LogP contribution in [-0.4, -0.2) is 63.4 Å². The molecule has 94 valence electrons. The third kappa shape index (κ3) is 8.73. The molecule has 0 bridgehead atoms. The molecule has 0 aromatic carbocycles. The van der Waals surface area contributed by atoms with Crippen LogP contribution in [0.1, 0.15) is 19.8 Å². The molecule has 0 amide bonds. The Bertz CT molecular complexity index is 106. The molecule has 0 aromatic heterocycles. The van der Waals surface area contributed by atoms with E-state index < -0.39 is 38.1 Å². The Balaban J connectivity index is 0. The Morgan fingerprint density at radius 2 is 1.20 bits per heavy atom. The highest BCUT2D eigenvalue weighted by Crippen LogP contribution is 2.11. The number of aliphatic hydroxyl groups is 6. The highest BCUT2D eigenvalue weighted by atomic mass is 16.5. The highest BCUT2D eigenvalue weighted by molar-refractivity contribution is 4.74. The van der Waals surface area contributed by atoms with Crippen LogP contribution in [0.4, 0.5) is 0 Å². The Kier molecular flexibility index (Phi) is 11.8. The predicted molar refractivity (Wildman–Crippen MR) is 53.9 cm³/mol. The maximum atomic E-state index is 8.50. The Labute approximate surface area is 89.4 Å². The topological polar surface area (TPSA) is 121 Å². The van der Waals surface area contributed by atoms with Gasteiger partial charge in [0, 0.05) is 0 Å². The van der Waals surface area contributed by atoms with Gasteiger partial charge in [-0.15, -0.1) is 0 Å². The van der Waals surface area contributed by atoms with Gasteiger partial charge in [0.05, 0.1) is 31.8 Å². The lowest BCUT2D eigenvalue weighted by Gasteiger charge is -2.23. The lowest BCUT2D eigenvalue weighted by Crippen LogP contribution is -2.37. The minimum absolute atomic E-state index is 0.406. The molecular weight excluding hydrogens is 204 g/mol. The van der Waals surface area contributed by atoms with Gasteiger partial charge in [-0.05, 0) is 6.42 Å². The molecule has 0 unspecified atom stereocenters. The van der Waals surface area contributed by atoms with Crippen LogP contribution in [0, 0.1) is 5.41 Å². The van der Waals surface area contributed by atoms with E-state index in [1.807, 2.05) is 6.92 Å². The quantitative estimate of drug-likeness (QED) is 0.292. The van der Waals surface area contributed by atoms with Gasteiger partial charge in [-0.2, -0.15) is 0 Å². The van der Waals surface area contributed by atoms with Crippen LogP contribution in [0.2, 0.25) is 0 Å². The van der Waals surface area contributed by atoms with Crippen LogP contribution in [0.3, 0.4) is 0 Å². The van der Waals surface area contributed by atoms with E-state index in [4.69, 9.17) is 30.6 Å². The first kappa shape index (κ1) is 17.2. The van der Waals surface area contributed by atoms with Gasteiger partial charge in [-0.1, -0.05) is 13.3 Å². The average molecular weight is 226 g/mol. The number of hydrogen-bond donors (Lipinski definition) is 6. The first-order valence-corrected chi connectivity index (χ1v) is 4.81. The summed E-state index contributed by atoms with van der Waals surface area (Å²) in [6.07, 6.45) is 0.215. The zero-order valence-corrected chi connectivity index (χ0v) is 9.00. The van der Waals surface area contributed by atoms with Crippen LogP contribution in [0.15, 0.2) is 0 Å². The SMILES string of the molecule is CCCC(O)O.OCC(CO)(CO)CO. The number of hydrogen-bond acceptors (Lipinski definition) is 6. The van der Waals surface area contributed by atoms with Crippen molar-refractivity contribution in [3.63, 3.8) is 0 Å². The molecular formula is C9H22O6. The summed E-state index contributed by atoms with van der Waals surface area (Å²) in [6.45, 7) is 0.277. The van der Waals surface area contributed by atoms with E-state index in [1.165, 1.54) is 0 Å². The first-order chi connectivity index (χ1) is 7.01. The molecule has 15 heavy (non-hydrogen) atoms. The summed E-state index contributed by atoms with van der Waals surface area (Å²) in [7, 11) is 0. The van der Waals surface area contributed by atoms with E-state index in [2.05, 4.69) is 0 Å². The van der Waals surface area contributed by atoms with Gasteiger partial charge in [0.25, 0.3) is 0 Å². The van der Waals surface area contributed by atoms with Gasteiger partial charge in [-0.3, -0.25) is 0 Å². The molecule has 0 aliphatic rings. The van der Waals surface area contributed by atoms with Crippen molar-refractivity contribution in [2.24, 2.45) is 5.41 Å². The molecule has 0 spiro atoms. The van der Waals surface area contributed by atoms with E-state index >= 15 is 0 Å². The molecule has 0 saturated heterocycles. The van der Waals surface area contributed by atoms with Gasteiger partial charge < -0.3 is 30.6 Å². The average Bonchev–Trinajstić information content (AvgIpc) is 2.23. The van der Waals surface area contributed by atoms with Crippen molar-refractivity contribution >= 4 is 0 Å². The monoisotopic (exact) mass is 226 g/mol. The van der Waals surface area contributed by atoms with Crippen LogP contribution in [0.25, 0.3) is 0 Å². The van der Waals surface area contributed by atoms with Crippen molar-refractivity contribution < 1.29 is 30.6 Å². The van der Waals surface area contributed by atoms with Crippen LogP contribution >= 0.6 is 0 Å². The highest BCUT2D eigenvalue weighted by Gasteiger charge is 2.26. The molecule has 0 radical (unpaired) electrons. The predicted octanol–water partition coefficient (Wildman–Crippen LogP) is -1.96. The van der Waals surface area contributed by atoms with Crippen molar-refractivity contribution in [3.05, 3.63) is 0 Å². The molecule has 0 fully saturated rings. The van der Waals surface area contributed by atoms with E-state index in [0.717, 1.165) is 6.42 Å². The zero-order chi connectivity index (χ0) is 12.3. The van der Waals surface area contributed by atoms with Crippen molar-refractivity contribution in [2.45, 2.75) is 26.1 Å². The number of aliphatic hydroxyl groups excluding tert-OH is 5. The van der Waals surface area contributed by atoms with E-state index in [1.54, 1.807) is 0 Å². The molecule has 0 rings (SSSR count). The summed E-state index contributed by atoms with van der Waals surface area (Å²) >= 11 is 0. The fourth-order valence-electron chi connectivity index (χ4n) is 0.558. The Morgan fingerprint density at radius 3 is 1.20 bits per heavy atom. The summed E-state index contributed by atoms with van der Waals surface area (Å²) < 4.78 is 0. The fraction of sp³-hybridized carbons (Fsp3) is 1.00. The van der Waals surface area contributed by atoms with Crippen molar-refractivity contribution in [2.75, 3.05) is 26.4 Å². The van der Waals surface area contributed by atoms with Crippen molar-refractivity contribution in [1.29, 1.82) is 0 Å². The lowest BCUT2D eigenvalue weighted by atomic mass is 9.93. The molecule has 6 heteroatoms. The van der Waals surface area contributed by atoms with Crippen LogP contribution < -0.4 is 0 Å². The number of rotatable bonds is 6. The minimum Gasteiger partial charge on any atom is -0.396 e. The second-order valence-electron chi connectivity index (χ2n) is 3.40. The van der Waals surface area contributed by atoms with Gasteiger partial charge >= 0.3 is 0 Å². The van der Waals surface area contributed by atoms with Crippen LogP contribution in [-0.2, 0) is 0 Å². The summed E-state index contributed by atoms with van der Waals surface area (Å²) in [5.74, 6) is 0. The normalized spacial score (nSPS) is 11.2. The smallest absolute Gasteiger partial charge is 0.151 e. The van der Waals surface area contributed by atoms with Crippen LogP contribution in [0.5, 0.6) is 0 Å². The van der Waals surface area contributed by atoms with Gasteiger partial charge in [0.15, 0.2) is 6.29 Å². The minimum atomic E-state index is -1.11. The Morgan fingerprint density at radius 1 is 0.867 bits per heavy atom.